The first-order valence-corrected chi connectivity index (χ1v) is 9.93. The average Bonchev–Trinajstić information content (AvgIpc) is 3.12. The molecule has 0 atom stereocenters. The first-order valence-electron chi connectivity index (χ1n) is 9.93. The number of nitrogens with zero attached hydrogens (tertiary/aromatic N) is 3. The maximum Gasteiger partial charge on any atom is 0.224 e. The molecule has 0 bridgehead atoms. The Bertz CT molecular complexity index is 908. The van der Waals surface area contributed by atoms with E-state index in [9.17, 15) is 4.79 Å². The lowest BCUT2D eigenvalue weighted by Gasteiger charge is -2.32. The second-order valence-electron chi connectivity index (χ2n) is 7.64. The molecule has 3 aromatic rings. The lowest BCUT2D eigenvalue weighted by atomic mass is 9.90. The number of fused-ring (bicyclic) bond motifs is 1. The molecule has 1 saturated heterocycles. The van der Waals surface area contributed by atoms with Gasteiger partial charge in [-0.15, -0.1) is 0 Å². The van der Waals surface area contributed by atoms with Crippen LogP contribution < -0.4 is 0 Å². The number of rotatable bonds is 5. The Morgan fingerprint density at radius 2 is 1.85 bits per heavy atom. The average molecular weight is 361 g/mol. The maximum atomic E-state index is 12.6. The highest BCUT2D eigenvalue weighted by atomic mass is 16.2. The van der Waals surface area contributed by atoms with Crippen LogP contribution in [0.2, 0.25) is 0 Å². The third-order valence-electron chi connectivity index (χ3n) is 5.78. The molecule has 2 heterocycles. The minimum Gasteiger partial charge on any atom is -0.343 e. The van der Waals surface area contributed by atoms with E-state index in [1.54, 1.807) is 0 Å². The molecule has 0 N–H and O–H groups in total. The number of aromatic nitrogens is 2. The molecular formula is C23H27N3O. The molecule has 1 fully saturated rings. The van der Waals surface area contributed by atoms with Gasteiger partial charge in [-0.1, -0.05) is 42.5 Å². The van der Waals surface area contributed by atoms with Crippen LogP contribution in [-0.4, -0.2) is 33.7 Å². The van der Waals surface area contributed by atoms with Gasteiger partial charge in [0.15, 0.2) is 0 Å². The fourth-order valence-electron chi connectivity index (χ4n) is 4.12. The molecule has 27 heavy (non-hydrogen) atoms. The molecule has 2 aromatic carbocycles. The van der Waals surface area contributed by atoms with Gasteiger partial charge in [0.2, 0.25) is 5.91 Å². The summed E-state index contributed by atoms with van der Waals surface area (Å²) in [7, 11) is 0. The van der Waals surface area contributed by atoms with E-state index < -0.39 is 0 Å². The molecule has 1 aliphatic rings. The number of hydrogen-bond acceptors (Lipinski definition) is 2. The van der Waals surface area contributed by atoms with Crippen molar-refractivity contribution in [2.24, 2.45) is 5.92 Å². The number of carbonyl (C=O) groups is 1. The Kier molecular flexibility index (Phi) is 5.23. The fourth-order valence-corrected chi connectivity index (χ4v) is 4.12. The van der Waals surface area contributed by atoms with Gasteiger partial charge in [0.25, 0.3) is 0 Å². The van der Waals surface area contributed by atoms with Crippen LogP contribution in [0.5, 0.6) is 0 Å². The van der Waals surface area contributed by atoms with E-state index in [0.29, 0.717) is 18.9 Å². The van der Waals surface area contributed by atoms with Crippen LogP contribution >= 0.6 is 0 Å². The minimum atomic E-state index is 0.254. The SMILES string of the molecule is Cc1cccc2c1cnn2CCC(=O)N1CCC(Cc2ccccc2)CC1. The summed E-state index contributed by atoms with van der Waals surface area (Å²) in [5.74, 6) is 0.943. The molecule has 4 rings (SSSR count). The second kappa shape index (κ2) is 7.95. The Balaban J connectivity index is 1.29. The summed E-state index contributed by atoms with van der Waals surface area (Å²) in [6.07, 6.45) is 5.76. The summed E-state index contributed by atoms with van der Waals surface area (Å²) in [6.45, 7) is 4.51. The zero-order chi connectivity index (χ0) is 18.6. The summed E-state index contributed by atoms with van der Waals surface area (Å²) in [6, 6.07) is 16.9. The number of benzene rings is 2. The fraction of sp³-hybridized carbons (Fsp3) is 0.391. The Hall–Kier alpha value is -2.62. The standard InChI is InChI=1S/C23H27N3O/c1-18-6-5-9-22-21(18)17-24-26(22)15-12-23(27)25-13-10-20(11-14-25)16-19-7-3-2-4-8-19/h2-9,17,20H,10-16H2,1H3. The summed E-state index contributed by atoms with van der Waals surface area (Å²) >= 11 is 0. The van der Waals surface area contributed by atoms with Crippen molar-refractivity contribution in [2.45, 2.75) is 39.2 Å². The predicted molar refractivity (Wildman–Crippen MR) is 109 cm³/mol. The summed E-state index contributed by atoms with van der Waals surface area (Å²) in [5.41, 5.74) is 3.75. The number of likely N-dealkylation sites (tertiary alicyclic amines) is 1. The molecule has 140 valence electrons. The highest BCUT2D eigenvalue weighted by Gasteiger charge is 2.22. The number of piperidine rings is 1. The molecule has 1 aromatic heterocycles. The van der Waals surface area contributed by atoms with E-state index in [2.05, 4.69) is 60.6 Å². The van der Waals surface area contributed by atoms with Crippen molar-refractivity contribution in [3.63, 3.8) is 0 Å². The van der Waals surface area contributed by atoms with Crippen LogP contribution in [0.3, 0.4) is 0 Å². The highest BCUT2D eigenvalue weighted by Crippen LogP contribution is 2.22. The Morgan fingerprint density at radius 3 is 2.63 bits per heavy atom. The Labute approximate surface area is 160 Å². The van der Waals surface area contributed by atoms with Crippen molar-refractivity contribution in [2.75, 3.05) is 13.1 Å². The molecule has 1 amide bonds. The summed E-state index contributed by atoms with van der Waals surface area (Å²) in [5, 5.41) is 5.65. The van der Waals surface area contributed by atoms with Crippen molar-refractivity contribution >= 4 is 16.8 Å². The predicted octanol–water partition coefficient (Wildman–Crippen LogP) is 4.22. The number of aryl methyl sites for hydroxylation is 2. The van der Waals surface area contributed by atoms with Crippen molar-refractivity contribution in [3.8, 4) is 0 Å². The lowest BCUT2D eigenvalue weighted by Crippen LogP contribution is -2.39. The van der Waals surface area contributed by atoms with E-state index in [4.69, 9.17) is 0 Å². The van der Waals surface area contributed by atoms with Gasteiger partial charge in [-0.25, -0.2) is 0 Å². The number of hydrogen-bond donors (Lipinski definition) is 0. The molecule has 1 aliphatic heterocycles. The van der Waals surface area contributed by atoms with Gasteiger partial charge in [0.05, 0.1) is 18.3 Å². The normalized spacial score (nSPS) is 15.4. The third kappa shape index (κ3) is 4.05. The van der Waals surface area contributed by atoms with E-state index in [-0.39, 0.29) is 5.91 Å². The van der Waals surface area contributed by atoms with Gasteiger partial charge >= 0.3 is 0 Å². The van der Waals surface area contributed by atoms with Gasteiger partial charge in [0.1, 0.15) is 0 Å². The van der Waals surface area contributed by atoms with Gasteiger partial charge in [-0.2, -0.15) is 5.10 Å². The van der Waals surface area contributed by atoms with Gasteiger partial charge in [-0.05, 0) is 49.3 Å². The molecule has 0 aliphatic carbocycles. The number of amides is 1. The molecule has 4 nitrogen and oxygen atoms in total. The first kappa shape index (κ1) is 17.8. The minimum absolute atomic E-state index is 0.254. The topological polar surface area (TPSA) is 38.1 Å². The van der Waals surface area contributed by atoms with Crippen molar-refractivity contribution < 1.29 is 4.79 Å². The quantitative estimate of drug-likeness (QED) is 0.682. The molecule has 0 radical (unpaired) electrons. The Morgan fingerprint density at radius 1 is 1.07 bits per heavy atom. The van der Waals surface area contributed by atoms with Gasteiger partial charge in [0, 0.05) is 24.9 Å². The summed E-state index contributed by atoms with van der Waals surface area (Å²) in [4.78, 5) is 14.7. The zero-order valence-corrected chi connectivity index (χ0v) is 16.0. The van der Waals surface area contributed by atoms with Crippen molar-refractivity contribution in [3.05, 3.63) is 65.9 Å². The van der Waals surface area contributed by atoms with Crippen LogP contribution in [0.4, 0.5) is 0 Å². The van der Waals surface area contributed by atoms with Crippen LogP contribution in [0.1, 0.15) is 30.4 Å². The van der Waals surface area contributed by atoms with Crippen LogP contribution in [0.25, 0.3) is 10.9 Å². The zero-order valence-electron chi connectivity index (χ0n) is 16.0. The molecular weight excluding hydrogens is 334 g/mol. The number of carbonyl (C=O) groups excluding carboxylic acids is 1. The third-order valence-corrected chi connectivity index (χ3v) is 5.78. The van der Waals surface area contributed by atoms with E-state index in [1.165, 1.54) is 16.5 Å². The van der Waals surface area contributed by atoms with Crippen molar-refractivity contribution in [1.82, 2.24) is 14.7 Å². The molecule has 0 spiro atoms. The maximum absolute atomic E-state index is 12.6. The van der Waals surface area contributed by atoms with E-state index in [1.807, 2.05) is 15.8 Å². The van der Waals surface area contributed by atoms with Gasteiger partial charge < -0.3 is 4.90 Å². The van der Waals surface area contributed by atoms with E-state index in [0.717, 1.165) is 37.9 Å². The smallest absolute Gasteiger partial charge is 0.224 e. The van der Waals surface area contributed by atoms with Crippen LogP contribution in [0.15, 0.2) is 54.7 Å². The van der Waals surface area contributed by atoms with Crippen LogP contribution in [-0.2, 0) is 17.8 Å². The van der Waals surface area contributed by atoms with Crippen LogP contribution in [0, 0.1) is 12.8 Å². The highest BCUT2D eigenvalue weighted by molar-refractivity contribution is 5.82. The summed E-state index contributed by atoms with van der Waals surface area (Å²) < 4.78 is 1.96. The first-order chi connectivity index (χ1) is 13.2. The molecule has 0 unspecified atom stereocenters. The van der Waals surface area contributed by atoms with Crippen molar-refractivity contribution in [1.29, 1.82) is 0 Å². The van der Waals surface area contributed by atoms with E-state index >= 15 is 0 Å². The largest absolute Gasteiger partial charge is 0.343 e. The molecule has 4 heteroatoms. The molecule has 0 saturated carbocycles. The monoisotopic (exact) mass is 361 g/mol. The van der Waals surface area contributed by atoms with Gasteiger partial charge in [-0.3, -0.25) is 9.48 Å². The lowest BCUT2D eigenvalue weighted by molar-refractivity contribution is -0.132. The second-order valence-corrected chi connectivity index (χ2v) is 7.64.